The number of carbonyl (C=O) groups is 2. The number of carbonyl (C=O) groups excluding carboxylic acids is 2. The Morgan fingerprint density at radius 2 is 1.82 bits per heavy atom. The molecule has 0 radical (unpaired) electrons. The SMILES string of the molecule is CN(C(=O)COC(=O)C1CCN(S(=O)(=O)c2cc([N+](=O)[O-])ccc2Cl)CC1)c1ccccc1. The van der Waals surface area contributed by atoms with Crippen molar-refractivity contribution in [2.75, 3.05) is 31.6 Å². The first-order valence-corrected chi connectivity index (χ1v) is 11.9. The molecule has 1 aliphatic rings. The van der Waals surface area contributed by atoms with Crippen LogP contribution in [0.1, 0.15) is 12.8 Å². The normalized spacial score (nSPS) is 15.1. The predicted molar refractivity (Wildman–Crippen MR) is 120 cm³/mol. The maximum atomic E-state index is 12.9. The predicted octanol–water partition coefficient (Wildman–Crippen LogP) is 2.86. The van der Waals surface area contributed by atoms with Crippen molar-refractivity contribution in [1.82, 2.24) is 4.31 Å². The lowest BCUT2D eigenvalue weighted by Crippen LogP contribution is -2.41. The van der Waals surface area contributed by atoms with Gasteiger partial charge in [-0.05, 0) is 31.0 Å². The van der Waals surface area contributed by atoms with Crippen LogP contribution in [0.5, 0.6) is 0 Å². The van der Waals surface area contributed by atoms with Gasteiger partial charge in [0.25, 0.3) is 11.6 Å². The van der Waals surface area contributed by atoms with Gasteiger partial charge in [0.1, 0.15) is 4.90 Å². The average molecular weight is 496 g/mol. The molecular weight excluding hydrogens is 474 g/mol. The van der Waals surface area contributed by atoms with Crippen LogP contribution in [0.15, 0.2) is 53.4 Å². The highest BCUT2D eigenvalue weighted by molar-refractivity contribution is 7.89. The molecule has 12 heteroatoms. The fraction of sp³-hybridized carbons (Fsp3) is 0.333. The number of hydrogen-bond acceptors (Lipinski definition) is 7. The minimum Gasteiger partial charge on any atom is -0.455 e. The number of para-hydroxylation sites is 1. The second kappa shape index (κ2) is 10.3. The van der Waals surface area contributed by atoms with E-state index in [2.05, 4.69) is 0 Å². The van der Waals surface area contributed by atoms with Crippen LogP contribution < -0.4 is 4.90 Å². The molecule has 2 aromatic rings. The topological polar surface area (TPSA) is 127 Å². The van der Waals surface area contributed by atoms with Gasteiger partial charge in [-0.15, -0.1) is 0 Å². The Balaban J connectivity index is 1.57. The molecule has 1 amide bonds. The number of ether oxygens (including phenoxy) is 1. The summed E-state index contributed by atoms with van der Waals surface area (Å²) in [6.07, 6.45) is 0.376. The van der Waals surface area contributed by atoms with Crippen LogP contribution in [-0.4, -0.2) is 56.3 Å². The molecule has 33 heavy (non-hydrogen) atoms. The van der Waals surface area contributed by atoms with Crippen LogP contribution >= 0.6 is 11.6 Å². The number of nitrogens with zero attached hydrogens (tertiary/aromatic N) is 3. The van der Waals surface area contributed by atoms with Gasteiger partial charge in [-0.1, -0.05) is 29.8 Å². The number of hydrogen-bond donors (Lipinski definition) is 0. The smallest absolute Gasteiger partial charge is 0.309 e. The minimum absolute atomic E-state index is 0.0129. The van der Waals surface area contributed by atoms with Crippen LogP contribution in [-0.2, 0) is 24.3 Å². The van der Waals surface area contributed by atoms with E-state index in [1.807, 2.05) is 6.07 Å². The summed E-state index contributed by atoms with van der Waals surface area (Å²) < 4.78 is 32.2. The van der Waals surface area contributed by atoms with E-state index in [1.54, 1.807) is 31.3 Å². The Hall–Kier alpha value is -3.02. The molecule has 0 bridgehead atoms. The number of nitro groups is 1. The summed E-state index contributed by atoms with van der Waals surface area (Å²) in [5.41, 5.74) is 0.276. The fourth-order valence-electron chi connectivity index (χ4n) is 3.42. The van der Waals surface area contributed by atoms with Crippen LogP contribution in [0.25, 0.3) is 0 Å². The highest BCUT2D eigenvalue weighted by atomic mass is 35.5. The Morgan fingerprint density at radius 1 is 1.18 bits per heavy atom. The third-order valence-corrected chi connectivity index (χ3v) is 7.77. The highest BCUT2D eigenvalue weighted by Gasteiger charge is 2.34. The minimum atomic E-state index is -4.08. The lowest BCUT2D eigenvalue weighted by atomic mass is 9.98. The molecular formula is C21H22ClN3O7S. The molecule has 1 heterocycles. The van der Waals surface area contributed by atoms with Crippen LogP contribution in [0, 0.1) is 16.0 Å². The number of likely N-dealkylation sites (N-methyl/N-ethyl adjacent to an activating group) is 1. The van der Waals surface area contributed by atoms with E-state index in [-0.39, 0.29) is 41.5 Å². The second-order valence-electron chi connectivity index (χ2n) is 7.45. The third kappa shape index (κ3) is 5.67. The number of benzene rings is 2. The average Bonchev–Trinajstić information content (AvgIpc) is 2.82. The van der Waals surface area contributed by atoms with Gasteiger partial charge in [-0.3, -0.25) is 19.7 Å². The van der Waals surface area contributed by atoms with E-state index < -0.39 is 39.3 Å². The molecule has 1 fully saturated rings. The van der Waals surface area contributed by atoms with Gasteiger partial charge >= 0.3 is 5.97 Å². The molecule has 10 nitrogen and oxygen atoms in total. The van der Waals surface area contributed by atoms with Gasteiger partial charge in [-0.2, -0.15) is 4.31 Å². The van der Waals surface area contributed by atoms with E-state index in [9.17, 15) is 28.1 Å². The van der Waals surface area contributed by atoms with Crippen molar-refractivity contribution in [3.63, 3.8) is 0 Å². The fourth-order valence-corrected chi connectivity index (χ4v) is 5.38. The van der Waals surface area contributed by atoms with E-state index in [0.29, 0.717) is 5.69 Å². The largest absolute Gasteiger partial charge is 0.455 e. The van der Waals surface area contributed by atoms with Crippen molar-refractivity contribution in [2.24, 2.45) is 5.92 Å². The summed E-state index contributed by atoms with van der Waals surface area (Å²) in [4.78, 5) is 36.0. The molecule has 2 aromatic carbocycles. The van der Waals surface area contributed by atoms with Crippen LogP contribution in [0.4, 0.5) is 11.4 Å². The van der Waals surface area contributed by atoms with Gasteiger partial charge < -0.3 is 9.64 Å². The van der Waals surface area contributed by atoms with Gasteiger partial charge in [0.2, 0.25) is 10.0 Å². The number of non-ortho nitro benzene ring substituents is 1. The molecule has 0 spiro atoms. The monoisotopic (exact) mass is 495 g/mol. The zero-order valence-corrected chi connectivity index (χ0v) is 19.3. The van der Waals surface area contributed by atoms with E-state index in [1.165, 1.54) is 11.0 Å². The van der Waals surface area contributed by atoms with Crippen LogP contribution in [0.3, 0.4) is 0 Å². The first kappa shape index (κ1) is 24.6. The summed E-state index contributed by atoms with van der Waals surface area (Å²) >= 11 is 5.99. The molecule has 1 aliphatic heterocycles. The number of halogens is 1. The van der Waals surface area contributed by atoms with Crippen LogP contribution in [0.2, 0.25) is 5.02 Å². The van der Waals surface area contributed by atoms with Gasteiger partial charge in [0, 0.05) is 38.0 Å². The van der Waals surface area contributed by atoms with Crippen molar-refractivity contribution in [3.8, 4) is 0 Å². The maximum absolute atomic E-state index is 12.9. The van der Waals surface area contributed by atoms with E-state index >= 15 is 0 Å². The number of piperidine rings is 1. The van der Waals surface area contributed by atoms with Crippen molar-refractivity contribution >= 4 is 44.9 Å². The molecule has 176 valence electrons. The highest BCUT2D eigenvalue weighted by Crippen LogP contribution is 2.31. The van der Waals surface area contributed by atoms with Gasteiger partial charge in [0.15, 0.2) is 6.61 Å². The maximum Gasteiger partial charge on any atom is 0.309 e. The molecule has 0 atom stereocenters. The van der Waals surface area contributed by atoms with Crippen molar-refractivity contribution in [2.45, 2.75) is 17.7 Å². The number of rotatable bonds is 7. The van der Waals surface area contributed by atoms with Gasteiger partial charge in [0.05, 0.1) is 15.9 Å². The molecule has 0 unspecified atom stereocenters. The summed E-state index contributed by atoms with van der Waals surface area (Å²) in [5.74, 6) is -1.53. The van der Waals surface area contributed by atoms with Crippen molar-refractivity contribution in [3.05, 3.63) is 63.7 Å². The third-order valence-electron chi connectivity index (χ3n) is 5.39. The Morgan fingerprint density at radius 3 is 2.42 bits per heavy atom. The molecule has 0 saturated carbocycles. The summed E-state index contributed by atoms with van der Waals surface area (Å²) in [7, 11) is -2.50. The van der Waals surface area contributed by atoms with Crippen molar-refractivity contribution in [1.29, 1.82) is 0 Å². The lowest BCUT2D eigenvalue weighted by Gasteiger charge is -2.30. The van der Waals surface area contributed by atoms with E-state index in [0.717, 1.165) is 16.4 Å². The number of esters is 1. The lowest BCUT2D eigenvalue weighted by molar-refractivity contribution is -0.385. The zero-order valence-electron chi connectivity index (χ0n) is 17.7. The summed E-state index contributed by atoms with van der Waals surface area (Å²) in [6.45, 7) is -0.399. The zero-order chi connectivity index (χ0) is 24.2. The summed E-state index contributed by atoms with van der Waals surface area (Å²) in [6, 6.07) is 12.1. The standard InChI is InChI=1S/C21H22ClN3O7S/c1-23(16-5-3-2-4-6-16)20(26)14-32-21(27)15-9-11-24(12-10-15)33(30,31)19-13-17(25(28)29)7-8-18(19)22/h2-8,13,15H,9-12,14H2,1H3. The Kier molecular flexibility index (Phi) is 7.67. The number of anilines is 1. The molecule has 3 rings (SSSR count). The quantitative estimate of drug-likeness (QED) is 0.328. The molecule has 1 saturated heterocycles. The number of nitro benzene ring substituents is 1. The second-order valence-corrected chi connectivity index (χ2v) is 9.76. The number of amides is 1. The van der Waals surface area contributed by atoms with E-state index in [4.69, 9.17) is 16.3 Å². The summed E-state index contributed by atoms with van der Waals surface area (Å²) in [5, 5.41) is 10.9. The Labute approximate surface area is 195 Å². The van der Waals surface area contributed by atoms with Gasteiger partial charge in [-0.25, -0.2) is 8.42 Å². The molecule has 0 aliphatic carbocycles. The molecule has 0 aromatic heterocycles. The molecule has 0 N–H and O–H groups in total. The first-order chi connectivity index (χ1) is 15.6. The first-order valence-electron chi connectivity index (χ1n) is 10.0. The Bertz CT molecular complexity index is 1150. The number of sulfonamides is 1. The van der Waals surface area contributed by atoms with Crippen molar-refractivity contribution < 1.29 is 27.7 Å².